The highest BCUT2D eigenvalue weighted by Crippen LogP contribution is 2.16. The van der Waals surface area contributed by atoms with Crippen LogP contribution in [-0.2, 0) is 0 Å². The number of piperidine rings is 1. The van der Waals surface area contributed by atoms with Gasteiger partial charge in [0.2, 0.25) is 5.88 Å². The van der Waals surface area contributed by atoms with E-state index >= 15 is 0 Å². The first-order valence-electron chi connectivity index (χ1n) is 5.55. The first kappa shape index (κ1) is 10.9. The second kappa shape index (κ2) is 5.47. The third kappa shape index (κ3) is 2.94. The number of rotatable bonds is 3. The highest BCUT2D eigenvalue weighted by molar-refractivity contribution is 5.09. The van der Waals surface area contributed by atoms with Gasteiger partial charge in [0.15, 0.2) is 0 Å². The van der Waals surface area contributed by atoms with Crippen molar-refractivity contribution in [3.63, 3.8) is 0 Å². The van der Waals surface area contributed by atoms with Crippen LogP contribution in [0, 0.1) is 11.3 Å². The van der Waals surface area contributed by atoms with Crippen molar-refractivity contribution in [1.82, 2.24) is 9.88 Å². The van der Waals surface area contributed by atoms with Gasteiger partial charge in [0, 0.05) is 25.4 Å². The average Bonchev–Trinajstić information content (AvgIpc) is 2.33. The van der Waals surface area contributed by atoms with Crippen LogP contribution in [-0.4, -0.2) is 35.6 Å². The molecule has 0 amide bonds. The average molecular weight is 217 g/mol. The van der Waals surface area contributed by atoms with E-state index in [1.54, 1.807) is 6.20 Å². The molecule has 84 valence electrons. The molecule has 0 unspecified atom stereocenters. The van der Waals surface area contributed by atoms with Crippen LogP contribution in [0.1, 0.15) is 12.8 Å². The van der Waals surface area contributed by atoms with Gasteiger partial charge in [0.05, 0.1) is 12.6 Å². The molecule has 2 rings (SSSR count). The highest BCUT2D eigenvalue weighted by atomic mass is 16.5. The topological polar surface area (TPSA) is 49.2 Å². The Morgan fingerprint density at radius 2 is 2.25 bits per heavy atom. The summed E-state index contributed by atoms with van der Waals surface area (Å²) in [5.41, 5.74) is 0. The second-order valence-corrected chi connectivity index (χ2v) is 3.92. The van der Waals surface area contributed by atoms with Crippen LogP contribution in [0.5, 0.6) is 5.88 Å². The lowest BCUT2D eigenvalue weighted by Gasteiger charge is -2.30. The maximum Gasteiger partial charge on any atom is 0.213 e. The van der Waals surface area contributed by atoms with Crippen molar-refractivity contribution in [2.24, 2.45) is 0 Å². The van der Waals surface area contributed by atoms with Gasteiger partial charge in [-0.2, -0.15) is 5.26 Å². The van der Waals surface area contributed by atoms with Gasteiger partial charge in [0.1, 0.15) is 6.10 Å². The molecule has 0 aliphatic carbocycles. The van der Waals surface area contributed by atoms with Gasteiger partial charge in [-0.15, -0.1) is 0 Å². The zero-order valence-electron chi connectivity index (χ0n) is 9.17. The Morgan fingerprint density at radius 1 is 1.44 bits per heavy atom. The van der Waals surface area contributed by atoms with Crippen LogP contribution >= 0.6 is 0 Å². The summed E-state index contributed by atoms with van der Waals surface area (Å²) < 4.78 is 5.76. The Bertz CT molecular complexity index is 352. The van der Waals surface area contributed by atoms with E-state index in [9.17, 15) is 0 Å². The second-order valence-electron chi connectivity index (χ2n) is 3.92. The van der Waals surface area contributed by atoms with Gasteiger partial charge in [-0.3, -0.25) is 4.90 Å². The summed E-state index contributed by atoms with van der Waals surface area (Å²) in [5.74, 6) is 0.696. The molecular formula is C12H15N3O. The monoisotopic (exact) mass is 217 g/mol. The summed E-state index contributed by atoms with van der Waals surface area (Å²) in [5, 5.41) is 8.59. The van der Waals surface area contributed by atoms with Gasteiger partial charge in [0.25, 0.3) is 0 Å². The normalized spacial score (nSPS) is 17.9. The Morgan fingerprint density at radius 3 is 2.88 bits per heavy atom. The fraction of sp³-hybridized carbons (Fsp3) is 0.500. The Labute approximate surface area is 95.5 Å². The molecule has 4 heteroatoms. The van der Waals surface area contributed by atoms with Crippen molar-refractivity contribution in [3.8, 4) is 11.9 Å². The zero-order valence-corrected chi connectivity index (χ0v) is 9.17. The van der Waals surface area contributed by atoms with Crippen LogP contribution < -0.4 is 4.74 Å². The van der Waals surface area contributed by atoms with Gasteiger partial charge < -0.3 is 4.74 Å². The van der Waals surface area contributed by atoms with Gasteiger partial charge >= 0.3 is 0 Å². The molecule has 1 fully saturated rings. The molecule has 1 aliphatic rings. The number of nitriles is 1. The number of ether oxygens (including phenoxy) is 1. The molecule has 0 saturated carbocycles. The summed E-state index contributed by atoms with van der Waals surface area (Å²) in [7, 11) is 0. The van der Waals surface area contributed by atoms with E-state index in [0.717, 1.165) is 25.9 Å². The van der Waals surface area contributed by atoms with E-state index in [1.807, 2.05) is 18.2 Å². The SMILES string of the molecule is N#CCN1CCC(Oc2ccccn2)CC1. The molecule has 1 aliphatic heterocycles. The molecule has 1 aromatic rings. The molecule has 16 heavy (non-hydrogen) atoms. The van der Waals surface area contributed by atoms with Crippen molar-refractivity contribution < 1.29 is 4.74 Å². The standard InChI is InChI=1S/C12H15N3O/c13-6-10-15-8-4-11(5-9-15)16-12-3-1-2-7-14-12/h1-3,7,11H,4-5,8-10H2. The number of likely N-dealkylation sites (tertiary alicyclic amines) is 1. The molecule has 0 radical (unpaired) electrons. The third-order valence-corrected chi connectivity index (χ3v) is 2.75. The third-order valence-electron chi connectivity index (χ3n) is 2.75. The number of aromatic nitrogens is 1. The molecule has 0 atom stereocenters. The van der Waals surface area contributed by atoms with Gasteiger partial charge in [-0.1, -0.05) is 6.07 Å². The maximum absolute atomic E-state index is 8.59. The van der Waals surface area contributed by atoms with Crippen molar-refractivity contribution in [3.05, 3.63) is 24.4 Å². The van der Waals surface area contributed by atoms with E-state index in [0.29, 0.717) is 12.4 Å². The van der Waals surface area contributed by atoms with Gasteiger partial charge in [-0.05, 0) is 18.9 Å². The van der Waals surface area contributed by atoms with Crippen LogP contribution in [0.25, 0.3) is 0 Å². The minimum atomic E-state index is 0.241. The highest BCUT2D eigenvalue weighted by Gasteiger charge is 2.20. The van der Waals surface area contributed by atoms with E-state index in [4.69, 9.17) is 10.00 Å². The quantitative estimate of drug-likeness (QED) is 0.719. The minimum Gasteiger partial charge on any atom is -0.474 e. The maximum atomic E-state index is 8.59. The number of hydrogen-bond acceptors (Lipinski definition) is 4. The van der Waals surface area contributed by atoms with E-state index in [1.165, 1.54) is 0 Å². The summed E-state index contributed by atoms with van der Waals surface area (Å²) in [6.45, 7) is 2.40. The molecule has 4 nitrogen and oxygen atoms in total. The summed E-state index contributed by atoms with van der Waals surface area (Å²) in [6, 6.07) is 7.85. The Kier molecular flexibility index (Phi) is 3.73. The van der Waals surface area contributed by atoms with Crippen LogP contribution in [0.15, 0.2) is 24.4 Å². The Balaban J connectivity index is 1.80. The molecule has 1 saturated heterocycles. The van der Waals surface area contributed by atoms with Crippen LogP contribution in [0.3, 0.4) is 0 Å². The minimum absolute atomic E-state index is 0.241. The number of nitrogens with zero attached hydrogens (tertiary/aromatic N) is 3. The lowest BCUT2D eigenvalue weighted by atomic mass is 10.1. The van der Waals surface area contributed by atoms with Crippen LogP contribution in [0.4, 0.5) is 0 Å². The summed E-state index contributed by atoms with van der Waals surface area (Å²) >= 11 is 0. The molecule has 0 bridgehead atoms. The Hall–Kier alpha value is -1.60. The number of hydrogen-bond donors (Lipinski definition) is 0. The van der Waals surface area contributed by atoms with E-state index < -0.39 is 0 Å². The van der Waals surface area contributed by atoms with Crippen molar-refractivity contribution in [1.29, 1.82) is 5.26 Å². The fourth-order valence-corrected chi connectivity index (χ4v) is 1.87. The molecular weight excluding hydrogens is 202 g/mol. The lowest BCUT2D eigenvalue weighted by molar-refractivity contribution is 0.104. The summed E-state index contributed by atoms with van der Waals surface area (Å²) in [6.07, 6.45) is 3.92. The first-order chi connectivity index (χ1) is 7.88. The number of pyridine rings is 1. The zero-order chi connectivity index (χ0) is 11.2. The molecule has 0 aromatic carbocycles. The largest absolute Gasteiger partial charge is 0.474 e. The predicted octanol–water partition coefficient (Wildman–Crippen LogP) is 1.45. The summed E-state index contributed by atoms with van der Waals surface area (Å²) in [4.78, 5) is 6.29. The van der Waals surface area contributed by atoms with Gasteiger partial charge in [-0.25, -0.2) is 4.98 Å². The van der Waals surface area contributed by atoms with Crippen molar-refractivity contribution in [2.45, 2.75) is 18.9 Å². The van der Waals surface area contributed by atoms with E-state index in [-0.39, 0.29) is 6.10 Å². The van der Waals surface area contributed by atoms with Crippen LogP contribution in [0.2, 0.25) is 0 Å². The predicted molar refractivity (Wildman–Crippen MR) is 59.9 cm³/mol. The smallest absolute Gasteiger partial charge is 0.213 e. The fourth-order valence-electron chi connectivity index (χ4n) is 1.87. The molecule has 1 aromatic heterocycles. The molecule has 2 heterocycles. The lowest BCUT2D eigenvalue weighted by Crippen LogP contribution is -2.38. The molecule has 0 N–H and O–H groups in total. The first-order valence-corrected chi connectivity index (χ1v) is 5.55. The van der Waals surface area contributed by atoms with Crippen molar-refractivity contribution >= 4 is 0 Å². The van der Waals surface area contributed by atoms with Crippen molar-refractivity contribution in [2.75, 3.05) is 19.6 Å². The van der Waals surface area contributed by atoms with E-state index in [2.05, 4.69) is 16.0 Å². The molecule has 0 spiro atoms.